The van der Waals surface area contributed by atoms with E-state index in [1.807, 2.05) is 6.92 Å². The summed E-state index contributed by atoms with van der Waals surface area (Å²) in [6.07, 6.45) is 2.11. The maximum atomic E-state index is 9.58. The molecule has 17 heavy (non-hydrogen) atoms. The smallest absolute Gasteiger partial charge is 0.245 e. The van der Waals surface area contributed by atoms with E-state index in [0.29, 0.717) is 25.4 Å². The third-order valence-electron chi connectivity index (χ3n) is 2.27. The summed E-state index contributed by atoms with van der Waals surface area (Å²) in [5.41, 5.74) is 0. The number of aliphatic hydroxyl groups excluding tert-OH is 2. The van der Waals surface area contributed by atoms with Crippen LogP contribution in [0.15, 0.2) is 6.20 Å². The molecule has 0 aliphatic rings. The topological polar surface area (TPSA) is 87.5 Å². The summed E-state index contributed by atoms with van der Waals surface area (Å²) in [5.74, 6) is 0.440. The Kier molecular flexibility index (Phi) is 7.02. The Labute approximate surface area is 105 Å². The molecule has 0 saturated carbocycles. The summed E-state index contributed by atoms with van der Waals surface area (Å²) in [7, 11) is 0. The summed E-state index contributed by atoms with van der Waals surface area (Å²) >= 11 is 1.07. The van der Waals surface area contributed by atoms with Gasteiger partial charge in [-0.25, -0.2) is 0 Å². The Hall–Kier alpha value is -0.760. The third kappa shape index (κ3) is 6.52. The van der Waals surface area contributed by atoms with Crippen LogP contribution < -0.4 is 10.1 Å². The van der Waals surface area contributed by atoms with E-state index >= 15 is 0 Å². The molecule has 98 valence electrons. The second-order valence-electron chi connectivity index (χ2n) is 3.77. The fourth-order valence-electron chi connectivity index (χ4n) is 1.20. The number of rotatable bonds is 9. The number of ether oxygens (including phenoxy) is 1. The Bertz CT molecular complexity index is 284. The molecule has 0 aromatic carbocycles. The molecule has 0 saturated heterocycles. The highest BCUT2D eigenvalue weighted by atomic mass is 32.1. The lowest BCUT2D eigenvalue weighted by Crippen LogP contribution is -2.33. The van der Waals surface area contributed by atoms with Crippen LogP contribution >= 0.6 is 11.7 Å². The van der Waals surface area contributed by atoms with Crippen molar-refractivity contribution in [1.82, 2.24) is 14.1 Å². The SMILES string of the molecule is CCC(O)CCNCC(O)COc1cnsn1. The van der Waals surface area contributed by atoms with Crippen molar-refractivity contribution in [2.75, 3.05) is 19.7 Å². The predicted octanol–water partition coefficient (Wildman–Crippen LogP) is 0.0284. The van der Waals surface area contributed by atoms with Gasteiger partial charge in [0.25, 0.3) is 0 Å². The van der Waals surface area contributed by atoms with Crippen LogP contribution in [-0.4, -0.2) is 50.9 Å². The summed E-state index contributed by atoms with van der Waals surface area (Å²) in [6, 6.07) is 0. The minimum atomic E-state index is -0.588. The van der Waals surface area contributed by atoms with Crippen molar-refractivity contribution in [3.63, 3.8) is 0 Å². The Balaban J connectivity index is 1.99. The first kappa shape index (κ1) is 14.3. The number of aromatic nitrogens is 2. The molecule has 0 spiro atoms. The highest BCUT2D eigenvalue weighted by Gasteiger charge is 2.06. The molecule has 0 aliphatic carbocycles. The monoisotopic (exact) mass is 261 g/mol. The summed E-state index contributed by atoms with van der Waals surface area (Å²) in [5, 5.41) is 21.9. The van der Waals surface area contributed by atoms with E-state index < -0.39 is 6.10 Å². The minimum absolute atomic E-state index is 0.189. The van der Waals surface area contributed by atoms with Gasteiger partial charge in [-0.1, -0.05) is 6.92 Å². The van der Waals surface area contributed by atoms with Crippen LogP contribution in [0.25, 0.3) is 0 Å². The van der Waals surface area contributed by atoms with Crippen molar-refractivity contribution in [3.8, 4) is 5.88 Å². The first-order valence-corrected chi connectivity index (χ1v) is 6.42. The van der Waals surface area contributed by atoms with E-state index in [2.05, 4.69) is 14.1 Å². The first-order chi connectivity index (χ1) is 8.22. The molecule has 2 atom stereocenters. The standard InChI is InChI=1S/C10H19N3O3S/c1-2-8(14)3-4-11-5-9(15)7-16-10-6-12-17-13-10/h6,8-9,11,14-15H,2-5,7H2,1H3. The average molecular weight is 261 g/mol. The lowest BCUT2D eigenvalue weighted by Gasteiger charge is -2.13. The Morgan fingerprint density at radius 1 is 1.47 bits per heavy atom. The van der Waals surface area contributed by atoms with Gasteiger partial charge in [0.05, 0.1) is 17.8 Å². The van der Waals surface area contributed by atoms with Crippen LogP contribution in [0, 0.1) is 0 Å². The second-order valence-corrected chi connectivity index (χ2v) is 4.32. The van der Waals surface area contributed by atoms with Crippen molar-refractivity contribution in [2.24, 2.45) is 0 Å². The van der Waals surface area contributed by atoms with E-state index in [1.54, 1.807) is 0 Å². The quantitative estimate of drug-likeness (QED) is 0.544. The highest BCUT2D eigenvalue weighted by Crippen LogP contribution is 2.05. The van der Waals surface area contributed by atoms with Gasteiger partial charge in [-0.3, -0.25) is 0 Å². The van der Waals surface area contributed by atoms with E-state index in [0.717, 1.165) is 18.1 Å². The zero-order valence-corrected chi connectivity index (χ0v) is 10.7. The molecule has 1 heterocycles. The Morgan fingerprint density at radius 2 is 2.29 bits per heavy atom. The van der Waals surface area contributed by atoms with Gasteiger partial charge in [-0.15, -0.1) is 4.37 Å². The number of hydrogen-bond acceptors (Lipinski definition) is 7. The summed E-state index contributed by atoms with van der Waals surface area (Å²) in [4.78, 5) is 0. The van der Waals surface area contributed by atoms with Gasteiger partial charge in [0, 0.05) is 6.54 Å². The van der Waals surface area contributed by atoms with Gasteiger partial charge in [0.2, 0.25) is 5.88 Å². The molecule has 0 bridgehead atoms. The van der Waals surface area contributed by atoms with Crippen LogP contribution in [-0.2, 0) is 0 Å². The second kappa shape index (κ2) is 8.35. The van der Waals surface area contributed by atoms with Gasteiger partial charge >= 0.3 is 0 Å². The van der Waals surface area contributed by atoms with Gasteiger partial charge in [0.15, 0.2) is 0 Å². The molecule has 2 unspecified atom stereocenters. The van der Waals surface area contributed by atoms with E-state index in [4.69, 9.17) is 4.74 Å². The van der Waals surface area contributed by atoms with E-state index in [9.17, 15) is 10.2 Å². The predicted molar refractivity (Wildman–Crippen MR) is 65.2 cm³/mol. The largest absolute Gasteiger partial charge is 0.473 e. The van der Waals surface area contributed by atoms with Crippen molar-refractivity contribution in [3.05, 3.63) is 6.20 Å². The molecule has 0 amide bonds. The first-order valence-electron chi connectivity index (χ1n) is 5.69. The maximum absolute atomic E-state index is 9.58. The van der Waals surface area contributed by atoms with Crippen molar-refractivity contribution in [1.29, 1.82) is 0 Å². The van der Waals surface area contributed by atoms with Crippen molar-refractivity contribution >= 4 is 11.7 Å². The molecule has 1 rings (SSSR count). The van der Waals surface area contributed by atoms with Gasteiger partial charge in [0.1, 0.15) is 18.9 Å². The molecule has 1 aromatic rings. The van der Waals surface area contributed by atoms with Crippen LogP contribution in [0.1, 0.15) is 19.8 Å². The van der Waals surface area contributed by atoms with Gasteiger partial charge < -0.3 is 20.3 Å². The zero-order chi connectivity index (χ0) is 12.5. The average Bonchev–Trinajstić information content (AvgIpc) is 2.84. The Morgan fingerprint density at radius 3 is 2.94 bits per heavy atom. The van der Waals surface area contributed by atoms with Crippen LogP contribution in [0.5, 0.6) is 5.88 Å². The van der Waals surface area contributed by atoms with Crippen molar-refractivity contribution in [2.45, 2.75) is 32.0 Å². The molecule has 1 aromatic heterocycles. The van der Waals surface area contributed by atoms with Crippen LogP contribution in [0.4, 0.5) is 0 Å². The van der Waals surface area contributed by atoms with Crippen LogP contribution in [0.3, 0.4) is 0 Å². The minimum Gasteiger partial charge on any atom is -0.473 e. The van der Waals surface area contributed by atoms with Crippen molar-refractivity contribution < 1.29 is 14.9 Å². The number of aliphatic hydroxyl groups is 2. The zero-order valence-electron chi connectivity index (χ0n) is 9.87. The summed E-state index contributed by atoms with van der Waals surface area (Å²) in [6.45, 7) is 3.25. The van der Waals surface area contributed by atoms with E-state index in [1.165, 1.54) is 6.20 Å². The number of hydrogen-bond donors (Lipinski definition) is 3. The van der Waals surface area contributed by atoms with Gasteiger partial charge in [-0.2, -0.15) is 4.37 Å². The number of nitrogens with zero attached hydrogens (tertiary/aromatic N) is 2. The number of nitrogens with one attached hydrogen (secondary N) is 1. The van der Waals surface area contributed by atoms with Crippen LogP contribution in [0.2, 0.25) is 0 Å². The molecule has 0 radical (unpaired) electrons. The highest BCUT2D eigenvalue weighted by molar-refractivity contribution is 6.99. The molecule has 0 fully saturated rings. The lowest BCUT2D eigenvalue weighted by atomic mass is 10.2. The third-order valence-corrected chi connectivity index (χ3v) is 2.73. The molecule has 6 nitrogen and oxygen atoms in total. The maximum Gasteiger partial charge on any atom is 0.245 e. The molecule has 7 heteroatoms. The normalized spacial score (nSPS) is 14.5. The molecular weight excluding hydrogens is 242 g/mol. The molecule has 3 N–H and O–H groups in total. The molecule has 0 aliphatic heterocycles. The van der Waals surface area contributed by atoms with E-state index in [-0.39, 0.29) is 12.7 Å². The fourth-order valence-corrected chi connectivity index (χ4v) is 1.57. The van der Waals surface area contributed by atoms with Gasteiger partial charge in [-0.05, 0) is 19.4 Å². The molecular formula is C10H19N3O3S. The fraction of sp³-hybridized carbons (Fsp3) is 0.800. The lowest BCUT2D eigenvalue weighted by molar-refractivity contribution is 0.102. The summed E-state index contributed by atoms with van der Waals surface area (Å²) < 4.78 is 12.9.